The molecule has 0 nitrogen and oxygen atoms in total. The van der Waals surface area contributed by atoms with E-state index in [2.05, 4.69) is 90.0 Å². The van der Waals surface area contributed by atoms with Gasteiger partial charge in [0.1, 0.15) is 0 Å². The molecule has 0 spiro atoms. The molecule has 2 fully saturated rings. The van der Waals surface area contributed by atoms with Gasteiger partial charge in [-0.05, 0) is 95.2 Å². The number of hydrogen-bond donors (Lipinski definition) is 0. The van der Waals surface area contributed by atoms with E-state index >= 15 is 0 Å². The molecule has 0 N–H and O–H groups in total. The molecular formula is C38H74. The van der Waals surface area contributed by atoms with Crippen molar-refractivity contribution in [1.29, 1.82) is 0 Å². The van der Waals surface area contributed by atoms with Crippen molar-refractivity contribution in [2.75, 3.05) is 0 Å². The van der Waals surface area contributed by atoms with Gasteiger partial charge in [0, 0.05) is 0 Å². The maximum Gasteiger partial charge on any atom is -0.0272 e. The van der Waals surface area contributed by atoms with Crippen LogP contribution in [0.2, 0.25) is 0 Å². The zero-order valence-electron chi connectivity index (χ0n) is 28.9. The molecule has 2 saturated carbocycles. The summed E-state index contributed by atoms with van der Waals surface area (Å²) in [5.41, 5.74) is 2.17. The summed E-state index contributed by atoms with van der Waals surface area (Å²) < 4.78 is 0. The van der Waals surface area contributed by atoms with Gasteiger partial charge in [0.05, 0.1) is 0 Å². The summed E-state index contributed by atoms with van der Waals surface area (Å²) >= 11 is 0. The minimum absolute atomic E-state index is 0.430. The Morgan fingerprint density at radius 3 is 1.71 bits per heavy atom. The Labute approximate surface area is 242 Å². The van der Waals surface area contributed by atoms with Crippen LogP contribution >= 0.6 is 0 Å². The van der Waals surface area contributed by atoms with Crippen LogP contribution in [0.15, 0.2) is 0 Å². The van der Waals surface area contributed by atoms with Crippen molar-refractivity contribution >= 4 is 0 Å². The Kier molecular flexibility index (Phi) is 12.4. The highest BCUT2D eigenvalue weighted by molar-refractivity contribution is 5.01. The Bertz CT molecular complexity index is 681. The highest BCUT2D eigenvalue weighted by atomic mass is 14.6. The molecule has 0 amide bonds. The van der Waals surface area contributed by atoms with E-state index in [-0.39, 0.29) is 0 Å². The maximum atomic E-state index is 2.61. The van der Waals surface area contributed by atoms with E-state index in [0.717, 1.165) is 41.4 Å². The largest absolute Gasteiger partial charge is 0.0623 e. The second kappa shape index (κ2) is 13.8. The Morgan fingerprint density at radius 1 is 0.684 bits per heavy atom. The van der Waals surface area contributed by atoms with E-state index in [1.54, 1.807) is 0 Å². The molecule has 0 radical (unpaired) electrons. The summed E-state index contributed by atoms with van der Waals surface area (Å²) in [4.78, 5) is 0. The summed E-state index contributed by atoms with van der Waals surface area (Å²) in [5, 5.41) is 0. The molecular weight excluding hydrogens is 456 g/mol. The quantitative estimate of drug-likeness (QED) is 0.146. The van der Waals surface area contributed by atoms with Crippen molar-refractivity contribution in [3.63, 3.8) is 0 Å². The van der Waals surface area contributed by atoms with Crippen LogP contribution in [0.25, 0.3) is 0 Å². The van der Waals surface area contributed by atoms with Crippen molar-refractivity contribution in [3.05, 3.63) is 0 Å². The lowest BCUT2D eigenvalue weighted by Gasteiger charge is -2.42. The molecule has 9 unspecified atom stereocenters. The summed E-state index contributed by atoms with van der Waals surface area (Å²) in [7, 11) is 0. The van der Waals surface area contributed by atoms with Gasteiger partial charge < -0.3 is 0 Å². The van der Waals surface area contributed by atoms with Gasteiger partial charge in [0.2, 0.25) is 0 Å². The van der Waals surface area contributed by atoms with Crippen molar-refractivity contribution < 1.29 is 0 Å². The SMILES string of the molecule is CC(CCCCCCCC(C)C1(C)CC1C)C(C)CCCC1CC1(C)CC(C)C(C)(C)C(C)CC(C)(C)C. The van der Waals surface area contributed by atoms with E-state index in [4.69, 9.17) is 0 Å². The zero-order chi connectivity index (χ0) is 28.9. The van der Waals surface area contributed by atoms with Crippen LogP contribution < -0.4 is 0 Å². The van der Waals surface area contributed by atoms with Gasteiger partial charge in [-0.1, -0.05) is 148 Å². The predicted octanol–water partition coefficient (Wildman–Crippen LogP) is 13.0. The van der Waals surface area contributed by atoms with E-state index in [1.165, 1.54) is 89.9 Å². The third kappa shape index (κ3) is 10.1. The first-order valence-electron chi connectivity index (χ1n) is 17.4. The molecule has 2 rings (SSSR count). The lowest BCUT2D eigenvalue weighted by Crippen LogP contribution is -2.33. The molecule has 0 aromatic rings. The van der Waals surface area contributed by atoms with Gasteiger partial charge in [0.15, 0.2) is 0 Å². The molecule has 38 heavy (non-hydrogen) atoms. The number of unbranched alkanes of at least 4 members (excludes halogenated alkanes) is 4. The third-order valence-corrected chi connectivity index (χ3v) is 13.1. The molecule has 0 heteroatoms. The molecule has 0 heterocycles. The van der Waals surface area contributed by atoms with Gasteiger partial charge in [-0.2, -0.15) is 0 Å². The Morgan fingerprint density at radius 2 is 1.18 bits per heavy atom. The average molecular weight is 531 g/mol. The summed E-state index contributed by atoms with van der Waals surface area (Å²) in [6.07, 6.45) is 20.3. The van der Waals surface area contributed by atoms with E-state index in [0.29, 0.717) is 21.7 Å². The molecule has 2 aliphatic rings. The first kappa shape index (κ1) is 34.2. The van der Waals surface area contributed by atoms with E-state index in [1.807, 2.05) is 0 Å². The minimum Gasteiger partial charge on any atom is -0.0623 e. The van der Waals surface area contributed by atoms with Gasteiger partial charge in [0.25, 0.3) is 0 Å². The first-order chi connectivity index (χ1) is 17.4. The lowest BCUT2D eigenvalue weighted by molar-refractivity contribution is 0.0810. The normalized spacial score (nSPS) is 31.5. The second-order valence-corrected chi connectivity index (χ2v) is 17.9. The van der Waals surface area contributed by atoms with Crippen molar-refractivity contribution in [3.8, 4) is 0 Å². The lowest BCUT2D eigenvalue weighted by atomic mass is 9.64. The summed E-state index contributed by atoms with van der Waals surface area (Å²) in [6.45, 7) is 32.5. The topological polar surface area (TPSA) is 0 Å². The molecule has 0 aromatic carbocycles. The highest BCUT2D eigenvalue weighted by Crippen LogP contribution is 2.61. The molecule has 0 aliphatic heterocycles. The smallest absolute Gasteiger partial charge is 0.0272 e. The fourth-order valence-electron chi connectivity index (χ4n) is 8.15. The standard InChI is InChI=1S/C38H74/c1-28(20-17-15-14-16-18-22-30(3)38(13)26-33(38)6)29(2)21-19-23-34-27-37(34,12)25-32(5)36(10,11)31(4)24-35(7,8)9/h28-34H,14-27H2,1-13H3. The predicted molar refractivity (Wildman–Crippen MR) is 173 cm³/mol. The molecule has 2 aliphatic carbocycles. The van der Waals surface area contributed by atoms with Crippen LogP contribution in [0.1, 0.15) is 180 Å². The molecule has 9 atom stereocenters. The minimum atomic E-state index is 0.430. The molecule has 226 valence electrons. The van der Waals surface area contributed by atoms with Crippen LogP contribution in [0.3, 0.4) is 0 Å². The molecule has 0 bridgehead atoms. The van der Waals surface area contributed by atoms with Gasteiger partial charge in [-0.25, -0.2) is 0 Å². The fourth-order valence-corrected chi connectivity index (χ4v) is 8.15. The van der Waals surface area contributed by atoms with Crippen LogP contribution in [0.4, 0.5) is 0 Å². The summed E-state index contributed by atoms with van der Waals surface area (Å²) in [6, 6.07) is 0. The second-order valence-electron chi connectivity index (χ2n) is 17.9. The van der Waals surface area contributed by atoms with Crippen LogP contribution in [-0.4, -0.2) is 0 Å². The number of hydrogen-bond acceptors (Lipinski definition) is 0. The molecule has 0 aromatic heterocycles. The van der Waals surface area contributed by atoms with E-state index < -0.39 is 0 Å². The zero-order valence-corrected chi connectivity index (χ0v) is 28.9. The van der Waals surface area contributed by atoms with Gasteiger partial charge in [-0.3, -0.25) is 0 Å². The Hall–Kier alpha value is 0. The van der Waals surface area contributed by atoms with Crippen LogP contribution in [0.5, 0.6) is 0 Å². The van der Waals surface area contributed by atoms with Gasteiger partial charge in [-0.15, -0.1) is 0 Å². The fraction of sp³-hybridized carbons (Fsp3) is 1.00. The number of rotatable bonds is 19. The van der Waals surface area contributed by atoms with E-state index in [9.17, 15) is 0 Å². The third-order valence-electron chi connectivity index (χ3n) is 13.1. The monoisotopic (exact) mass is 531 g/mol. The van der Waals surface area contributed by atoms with Crippen LogP contribution in [-0.2, 0) is 0 Å². The van der Waals surface area contributed by atoms with Crippen molar-refractivity contribution in [1.82, 2.24) is 0 Å². The highest BCUT2D eigenvalue weighted by Gasteiger charge is 2.51. The average Bonchev–Trinajstić information content (AvgIpc) is 3.64. The van der Waals surface area contributed by atoms with Crippen molar-refractivity contribution in [2.45, 2.75) is 180 Å². The molecule has 0 saturated heterocycles. The van der Waals surface area contributed by atoms with Crippen LogP contribution in [0, 0.1) is 63.1 Å². The van der Waals surface area contributed by atoms with Crippen molar-refractivity contribution in [2.24, 2.45) is 63.1 Å². The summed E-state index contributed by atoms with van der Waals surface area (Å²) in [5.74, 6) is 6.30. The maximum absolute atomic E-state index is 2.61. The first-order valence-corrected chi connectivity index (χ1v) is 17.4. The van der Waals surface area contributed by atoms with Gasteiger partial charge >= 0.3 is 0 Å². The Balaban J connectivity index is 1.55.